The van der Waals surface area contributed by atoms with E-state index in [-0.39, 0.29) is 0 Å². The van der Waals surface area contributed by atoms with Gasteiger partial charge in [-0.15, -0.1) is 0 Å². The topological polar surface area (TPSA) is 53.1 Å². The molecule has 1 aromatic carbocycles. The molecule has 1 heterocycles. The summed E-state index contributed by atoms with van der Waals surface area (Å²) in [4.78, 5) is 13.4. The van der Waals surface area contributed by atoms with Crippen LogP contribution < -0.4 is 0 Å². The van der Waals surface area contributed by atoms with Crippen molar-refractivity contribution in [2.24, 2.45) is 0 Å². The fraction of sp³-hybridized carbons (Fsp3) is 0. The first-order chi connectivity index (χ1) is 6.25. The molecule has 0 amide bonds. The first kappa shape index (κ1) is 7.86. The summed E-state index contributed by atoms with van der Waals surface area (Å²) >= 11 is 0. The number of aromatic amines is 1. The summed E-state index contributed by atoms with van der Waals surface area (Å²) < 4.78 is 0. The van der Waals surface area contributed by atoms with Crippen LogP contribution in [0, 0.1) is 6.42 Å². The van der Waals surface area contributed by atoms with Crippen molar-refractivity contribution < 1.29 is 9.90 Å². The molecule has 3 heteroatoms. The number of para-hydroxylation sites is 1. The monoisotopic (exact) mass is 174 g/mol. The minimum Gasteiger partial charge on any atom is -0.481 e. The molecule has 65 valence electrons. The minimum atomic E-state index is -0.938. The van der Waals surface area contributed by atoms with E-state index >= 15 is 0 Å². The lowest BCUT2D eigenvalue weighted by Crippen LogP contribution is -1.96. The van der Waals surface area contributed by atoms with Gasteiger partial charge in [0.2, 0.25) is 0 Å². The van der Waals surface area contributed by atoms with Crippen molar-refractivity contribution >= 4 is 16.9 Å². The van der Waals surface area contributed by atoms with E-state index in [9.17, 15) is 4.79 Å². The van der Waals surface area contributed by atoms with Crippen LogP contribution in [0.2, 0.25) is 0 Å². The second kappa shape index (κ2) is 2.94. The van der Waals surface area contributed by atoms with Crippen LogP contribution in [-0.2, 0) is 4.79 Å². The lowest BCUT2D eigenvalue weighted by molar-refractivity contribution is -0.132. The number of nitrogens with one attached hydrogen (secondary N) is 1. The Kier molecular flexibility index (Phi) is 1.77. The van der Waals surface area contributed by atoms with Crippen LogP contribution in [0.4, 0.5) is 0 Å². The Morgan fingerprint density at radius 2 is 2.15 bits per heavy atom. The van der Waals surface area contributed by atoms with Crippen LogP contribution in [0.25, 0.3) is 10.9 Å². The Morgan fingerprint density at radius 1 is 1.38 bits per heavy atom. The van der Waals surface area contributed by atoms with E-state index in [2.05, 4.69) is 4.98 Å². The fourth-order valence-corrected chi connectivity index (χ4v) is 1.31. The first-order valence-corrected chi connectivity index (χ1v) is 3.91. The van der Waals surface area contributed by atoms with Crippen LogP contribution in [0.15, 0.2) is 30.3 Å². The Hall–Kier alpha value is -1.77. The van der Waals surface area contributed by atoms with Crippen molar-refractivity contribution in [1.82, 2.24) is 4.98 Å². The van der Waals surface area contributed by atoms with Gasteiger partial charge < -0.3 is 10.1 Å². The molecule has 1 radical (unpaired) electrons. The summed E-state index contributed by atoms with van der Waals surface area (Å²) in [5, 5.41) is 9.54. The van der Waals surface area contributed by atoms with Crippen molar-refractivity contribution in [2.45, 2.75) is 0 Å². The third-order valence-electron chi connectivity index (χ3n) is 1.83. The molecule has 0 saturated heterocycles. The van der Waals surface area contributed by atoms with Crippen LogP contribution in [0.1, 0.15) is 5.69 Å². The molecule has 2 rings (SSSR count). The number of aromatic nitrogens is 1. The number of hydrogen-bond donors (Lipinski definition) is 2. The Balaban J connectivity index is 2.44. The molecule has 0 aliphatic rings. The number of fused-ring (bicyclic) bond motifs is 1. The van der Waals surface area contributed by atoms with Crippen molar-refractivity contribution in [1.29, 1.82) is 0 Å². The summed E-state index contributed by atoms with van der Waals surface area (Å²) in [5.41, 5.74) is 1.57. The van der Waals surface area contributed by atoms with Gasteiger partial charge in [-0.1, -0.05) is 18.2 Å². The maximum absolute atomic E-state index is 10.4. The molecule has 0 bridgehead atoms. The zero-order valence-electron chi connectivity index (χ0n) is 6.82. The predicted octanol–water partition coefficient (Wildman–Crippen LogP) is 1.80. The van der Waals surface area contributed by atoms with E-state index in [0.717, 1.165) is 17.3 Å². The van der Waals surface area contributed by atoms with Crippen LogP contribution in [0.3, 0.4) is 0 Å². The van der Waals surface area contributed by atoms with Crippen molar-refractivity contribution in [3.63, 3.8) is 0 Å². The number of benzene rings is 1. The molecule has 2 N–H and O–H groups in total. The van der Waals surface area contributed by atoms with Crippen molar-refractivity contribution in [3.05, 3.63) is 42.4 Å². The summed E-state index contributed by atoms with van der Waals surface area (Å²) in [7, 11) is 0. The van der Waals surface area contributed by atoms with Gasteiger partial charge in [-0.2, -0.15) is 0 Å². The first-order valence-electron chi connectivity index (χ1n) is 3.91. The van der Waals surface area contributed by atoms with Gasteiger partial charge in [0.1, 0.15) is 6.42 Å². The largest absolute Gasteiger partial charge is 0.481 e. The molecular formula is C10H8NO2. The number of carboxylic acid groups (broad SMARTS) is 1. The molecule has 0 aliphatic carbocycles. The standard InChI is InChI=1S/C10H8NO2/c12-10(13)6-8-5-7-3-1-2-4-9(7)11-8/h1-6,11H,(H,12,13). The maximum atomic E-state index is 10.4. The van der Waals surface area contributed by atoms with Gasteiger partial charge in [0, 0.05) is 11.2 Å². The van der Waals surface area contributed by atoms with E-state index in [1.807, 2.05) is 30.3 Å². The van der Waals surface area contributed by atoms with Crippen LogP contribution >= 0.6 is 0 Å². The van der Waals surface area contributed by atoms with Crippen molar-refractivity contribution in [3.8, 4) is 0 Å². The Morgan fingerprint density at radius 3 is 2.85 bits per heavy atom. The molecule has 0 unspecified atom stereocenters. The number of H-pyrrole nitrogens is 1. The highest BCUT2D eigenvalue weighted by Crippen LogP contribution is 2.15. The van der Waals surface area contributed by atoms with Crippen LogP contribution in [-0.4, -0.2) is 16.1 Å². The summed E-state index contributed by atoms with van der Waals surface area (Å²) in [6, 6.07) is 9.48. The Bertz CT molecular complexity index is 412. The highest BCUT2D eigenvalue weighted by Gasteiger charge is 2.04. The van der Waals surface area contributed by atoms with Crippen molar-refractivity contribution in [2.75, 3.05) is 0 Å². The van der Waals surface area contributed by atoms with Gasteiger partial charge in [-0.25, -0.2) is 0 Å². The molecule has 1 aromatic heterocycles. The van der Waals surface area contributed by atoms with E-state index in [1.165, 1.54) is 0 Å². The number of hydrogen-bond acceptors (Lipinski definition) is 1. The van der Waals surface area contributed by atoms with Gasteiger partial charge in [-0.3, -0.25) is 4.79 Å². The highest BCUT2D eigenvalue weighted by molar-refractivity contribution is 5.86. The third kappa shape index (κ3) is 1.54. The zero-order chi connectivity index (χ0) is 9.26. The second-order valence-corrected chi connectivity index (χ2v) is 2.79. The van der Waals surface area contributed by atoms with Gasteiger partial charge in [0.25, 0.3) is 0 Å². The second-order valence-electron chi connectivity index (χ2n) is 2.79. The molecular weight excluding hydrogens is 166 g/mol. The van der Waals surface area contributed by atoms with E-state index in [4.69, 9.17) is 5.11 Å². The summed E-state index contributed by atoms with van der Waals surface area (Å²) in [6.07, 6.45) is 1.15. The molecule has 0 aliphatic heterocycles. The average Bonchev–Trinajstić information content (AvgIpc) is 2.44. The highest BCUT2D eigenvalue weighted by atomic mass is 16.4. The predicted molar refractivity (Wildman–Crippen MR) is 49.3 cm³/mol. The van der Waals surface area contributed by atoms with Gasteiger partial charge in [0.05, 0.1) is 0 Å². The lowest BCUT2D eigenvalue weighted by atomic mass is 10.2. The SMILES string of the molecule is O=C(O)[CH]c1cc2ccccc2[nH]1. The summed E-state index contributed by atoms with van der Waals surface area (Å²) in [6.45, 7) is 0. The van der Waals surface area contributed by atoms with Crippen LogP contribution in [0.5, 0.6) is 0 Å². The number of carbonyl (C=O) groups is 1. The molecule has 13 heavy (non-hydrogen) atoms. The van der Waals surface area contributed by atoms with Gasteiger partial charge in [-0.05, 0) is 17.5 Å². The molecule has 0 spiro atoms. The smallest absolute Gasteiger partial charge is 0.313 e. The quantitative estimate of drug-likeness (QED) is 0.729. The van der Waals surface area contributed by atoms with E-state index < -0.39 is 5.97 Å². The molecule has 3 nitrogen and oxygen atoms in total. The molecule has 2 aromatic rings. The fourth-order valence-electron chi connectivity index (χ4n) is 1.31. The Labute approximate surface area is 75.0 Å². The molecule has 0 fully saturated rings. The lowest BCUT2D eigenvalue weighted by Gasteiger charge is -1.87. The molecule has 0 saturated carbocycles. The number of rotatable bonds is 2. The summed E-state index contributed by atoms with van der Waals surface area (Å²) in [5.74, 6) is -0.938. The minimum absolute atomic E-state index is 0.619. The zero-order valence-corrected chi connectivity index (χ0v) is 6.82. The maximum Gasteiger partial charge on any atom is 0.313 e. The van der Waals surface area contributed by atoms with E-state index in [0.29, 0.717) is 5.69 Å². The van der Waals surface area contributed by atoms with E-state index in [1.54, 1.807) is 0 Å². The average molecular weight is 174 g/mol. The van der Waals surface area contributed by atoms with Gasteiger partial charge in [0.15, 0.2) is 0 Å². The number of aliphatic carboxylic acids is 1. The number of carboxylic acids is 1. The normalized spacial score (nSPS) is 10.5. The third-order valence-corrected chi connectivity index (χ3v) is 1.83. The molecule has 0 atom stereocenters. The van der Waals surface area contributed by atoms with Gasteiger partial charge >= 0.3 is 5.97 Å².